The molecule has 0 fully saturated rings. The Labute approximate surface area is 243 Å². The lowest BCUT2D eigenvalue weighted by atomic mass is 9.94. The second kappa shape index (κ2) is 18.4. The van der Waals surface area contributed by atoms with Crippen molar-refractivity contribution in [3.63, 3.8) is 0 Å². The van der Waals surface area contributed by atoms with Gasteiger partial charge in [-0.1, -0.05) is 19.9 Å². The number of carboxylic acid groups (broad SMARTS) is 1. The molecule has 1 aliphatic heterocycles. The third kappa shape index (κ3) is 12.5. The number of amides is 1. The second-order valence-corrected chi connectivity index (χ2v) is 10.7. The van der Waals surface area contributed by atoms with Crippen LogP contribution in [0.25, 0.3) is 0 Å². The second-order valence-electron chi connectivity index (χ2n) is 10.7. The monoisotopic (exact) mass is 571 g/mol. The summed E-state index contributed by atoms with van der Waals surface area (Å²) in [7, 11) is 0. The Kier molecular flexibility index (Phi) is 14.5. The standard InChI is InChI=1S/C31H45N3O7/c1-24(2)9-14-38-16-18-40-19-17-39-15-12-34-23-27-21-28(41-13-4-3-6-29-32-10-5-11-33-29)8-7-25(27)20-26(31(34)37)22-30(35)36/h5,7-8,10-11,21,24,26H,3-4,6,9,12-20,22-23H2,1-2H3,(H,35,36)/t26-/m0/s1. The van der Waals surface area contributed by atoms with E-state index in [4.69, 9.17) is 18.9 Å². The number of carboxylic acids is 1. The van der Waals surface area contributed by atoms with Gasteiger partial charge in [-0.15, -0.1) is 0 Å². The number of carbonyl (C=O) groups is 2. The summed E-state index contributed by atoms with van der Waals surface area (Å²) in [6.07, 6.45) is 7.31. The van der Waals surface area contributed by atoms with Crippen molar-refractivity contribution in [3.8, 4) is 5.75 Å². The summed E-state index contributed by atoms with van der Waals surface area (Å²) in [6.45, 7) is 8.69. The van der Waals surface area contributed by atoms with Crippen LogP contribution in [0, 0.1) is 11.8 Å². The van der Waals surface area contributed by atoms with E-state index in [2.05, 4.69) is 23.8 Å². The van der Waals surface area contributed by atoms with Crippen LogP contribution >= 0.6 is 0 Å². The number of aromatic nitrogens is 2. The number of hydrogen-bond acceptors (Lipinski definition) is 8. The molecule has 0 spiro atoms. The number of carbonyl (C=O) groups excluding carboxylic acids is 1. The Balaban J connectivity index is 1.44. The molecule has 10 heteroatoms. The smallest absolute Gasteiger partial charge is 0.304 e. The van der Waals surface area contributed by atoms with E-state index in [-0.39, 0.29) is 12.3 Å². The Hall–Kier alpha value is -3.08. The minimum absolute atomic E-state index is 0.160. The highest BCUT2D eigenvalue weighted by atomic mass is 16.5. The molecule has 0 radical (unpaired) electrons. The van der Waals surface area contributed by atoms with Crippen LogP contribution in [0.3, 0.4) is 0 Å². The van der Waals surface area contributed by atoms with Gasteiger partial charge in [-0.3, -0.25) is 9.59 Å². The maximum Gasteiger partial charge on any atom is 0.304 e. The van der Waals surface area contributed by atoms with Gasteiger partial charge < -0.3 is 29.0 Å². The summed E-state index contributed by atoms with van der Waals surface area (Å²) in [5.41, 5.74) is 1.95. The summed E-state index contributed by atoms with van der Waals surface area (Å²) in [5, 5.41) is 9.41. The first-order valence-corrected chi connectivity index (χ1v) is 14.7. The number of ether oxygens (including phenoxy) is 4. The summed E-state index contributed by atoms with van der Waals surface area (Å²) in [4.78, 5) is 34.9. The SMILES string of the molecule is CC(C)CCOCCOCCOCCN1Cc2cc(OCCCCc3ncccn3)ccc2C[C@@H](CC(=O)O)C1=O. The fourth-order valence-corrected chi connectivity index (χ4v) is 4.56. The molecule has 0 bridgehead atoms. The van der Waals surface area contributed by atoms with Crippen LogP contribution in [-0.2, 0) is 43.2 Å². The quantitative estimate of drug-likeness (QED) is 0.236. The topological polar surface area (TPSA) is 120 Å². The van der Waals surface area contributed by atoms with Crippen molar-refractivity contribution >= 4 is 11.9 Å². The van der Waals surface area contributed by atoms with Gasteiger partial charge in [-0.25, -0.2) is 9.97 Å². The van der Waals surface area contributed by atoms with Gasteiger partial charge in [0.15, 0.2) is 0 Å². The maximum atomic E-state index is 13.3. The molecule has 1 aromatic carbocycles. The molecule has 1 amide bonds. The number of hydrogen-bond donors (Lipinski definition) is 1. The van der Waals surface area contributed by atoms with Crippen LogP contribution in [0.5, 0.6) is 5.75 Å². The summed E-state index contributed by atoms with van der Waals surface area (Å²) in [6, 6.07) is 7.63. The van der Waals surface area contributed by atoms with Gasteiger partial charge in [-0.2, -0.15) is 0 Å². The zero-order valence-corrected chi connectivity index (χ0v) is 24.5. The van der Waals surface area contributed by atoms with Crippen LogP contribution < -0.4 is 4.74 Å². The van der Waals surface area contributed by atoms with Gasteiger partial charge in [0.1, 0.15) is 11.6 Å². The van der Waals surface area contributed by atoms with Crippen molar-refractivity contribution in [3.05, 3.63) is 53.6 Å². The minimum atomic E-state index is -0.978. The predicted molar refractivity (Wildman–Crippen MR) is 154 cm³/mol. The molecule has 10 nitrogen and oxygen atoms in total. The van der Waals surface area contributed by atoms with Gasteiger partial charge in [0.25, 0.3) is 0 Å². The van der Waals surface area contributed by atoms with Crippen molar-refractivity contribution in [1.82, 2.24) is 14.9 Å². The van der Waals surface area contributed by atoms with Crippen LogP contribution in [-0.4, -0.2) is 84.6 Å². The molecule has 0 aliphatic carbocycles. The molecule has 3 rings (SSSR count). The zero-order chi connectivity index (χ0) is 29.3. The van der Waals surface area contributed by atoms with Crippen molar-refractivity contribution in [2.45, 2.75) is 58.9 Å². The average Bonchev–Trinajstić information content (AvgIpc) is 3.07. The Morgan fingerprint density at radius 3 is 2.39 bits per heavy atom. The number of unbranched alkanes of at least 4 members (excludes halogenated alkanes) is 1. The number of aliphatic carboxylic acids is 1. The molecule has 0 saturated carbocycles. The highest BCUT2D eigenvalue weighted by molar-refractivity contribution is 5.84. The third-order valence-corrected chi connectivity index (χ3v) is 6.86. The molecule has 1 aromatic heterocycles. The number of aryl methyl sites for hydroxylation is 1. The van der Waals surface area contributed by atoms with E-state index < -0.39 is 11.9 Å². The van der Waals surface area contributed by atoms with Crippen LogP contribution in [0.15, 0.2) is 36.7 Å². The molecule has 1 N–H and O–H groups in total. The number of benzene rings is 1. The largest absolute Gasteiger partial charge is 0.494 e. The van der Waals surface area contributed by atoms with Gasteiger partial charge in [0.2, 0.25) is 5.91 Å². The molecule has 2 aromatic rings. The van der Waals surface area contributed by atoms with E-state index in [1.54, 1.807) is 23.4 Å². The van der Waals surface area contributed by atoms with E-state index in [9.17, 15) is 14.7 Å². The zero-order valence-electron chi connectivity index (χ0n) is 24.5. The third-order valence-electron chi connectivity index (χ3n) is 6.86. The number of fused-ring (bicyclic) bond motifs is 1. The lowest BCUT2D eigenvalue weighted by Gasteiger charge is -2.24. The predicted octanol–water partition coefficient (Wildman–Crippen LogP) is 3.95. The first kappa shape index (κ1) is 32.4. The van der Waals surface area contributed by atoms with Crippen molar-refractivity contribution in [2.24, 2.45) is 11.8 Å². The van der Waals surface area contributed by atoms with E-state index in [0.29, 0.717) is 65.1 Å². The van der Waals surface area contributed by atoms with Crippen molar-refractivity contribution in [1.29, 1.82) is 0 Å². The van der Waals surface area contributed by atoms with Crippen molar-refractivity contribution < 1.29 is 33.6 Å². The number of nitrogens with zero attached hydrogens (tertiary/aromatic N) is 3. The van der Waals surface area contributed by atoms with Crippen LogP contribution in [0.4, 0.5) is 0 Å². The van der Waals surface area contributed by atoms with E-state index >= 15 is 0 Å². The van der Waals surface area contributed by atoms with E-state index in [0.717, 1.165) is 55.0 Å². The Bertz CT molecular complexity index is 1050. The molecular weight excluding hydrogens is 526 g/mol. The van der Waals surface area contributed by atoms with Gasteiger partial charge in [0.05, 0.1) is 52.0 Å². The molecular formula is C31H45N3O7. The normalized spacial score (nSPS) is 15.1. The minimum Gasteiger partial charge on any atom is -0.494 e. The summed E-state index contributed by atoms with van der Waals surface area (Å²) in [5.74, 6) is 0.448. The average molecular weight is 572 g/mol. The molecule has 1 atom stereocenters. The molecule has 226 valence electrons. The molecule has 0 unspecified atom stereocenters. The Morgan fingerprint density at radius 2 is 1.68 bits per heavy atom. The summed E-state index contributed by atoms with van der Waals surface area (Å²) >= 11 is 0. The number of rotatable bonds is 20. The van der Waals surface area contributed by atoms with Crippen LogP contribution in [0.2, 0.25) is 0 Å². The molecule has 2 heterocycles. The van der Waals surface area contributed by atoms with Gasteiger partial charge in [0, 0.05) is 38.5 Å². The maximum absolute atomic E-state index is 13.3. The van der Waals surface area contributed by atoms with Crippen LogP contribution in [0.1, 0.15) is 56.5 Å². The highest BCUT2D eigenvalue weighted by Gasteiger charge is 2.31. The first-order valence-electron chi connectivity index (χ1n) is 14.7. The lowest BCUT2D eigenvalue weighted by Crippen LogP contribution is -2.37. The molecule has 41 heavy (non-hydrogen) atoms. The fraction of sp³-hybridized carbons (Fsp3) is 0.613. The molecule has 1 aliphatic rings. The first-order chi connectivity index (χ1) is 19.9. The lowest BCUT2D eigenvalue weighted by molar-refractivity contribution is -0.145. The Morgan fingerprint density at radius 1 is 0.976 bits per heavy atom. The van der Waals surface area contributed by atoms with E-state index in [1.807, 2.05) is 18.2 Å². The highest BCUT2D eigenvalue weighted by Crippen LogP contribution is 2.28. The van der Waals surface area contributed by atoms with Gasteiger partial charge in [-0.05, 0) is 60.9 Å². The summed E-state index contributed by atoms with van der Waals surface area (Å²) < 4.78 is 22.8. The van der Waals surface area contributed by atoms with Crippen molar-refractivity contribution in [2.75, 3.05) is 52.8 Å². The van der Waals surface area contributed by atoms with E-state index in [1.165, 1.54) is 0 Å². The fourth-order valence-electron chi connectivity index (χ4n) is 4.56. The van der Waals surface area contributed by atoms with Gasteiger partial charge >= 0.3 is 5.97 Å². The molecule has 0 saturated heterocycles.